The van der Waals surface area contributed by atoms with E-state index in [2.05, 4.69) is 15.3 Å². The van der Waals surface area contributed by atoms with Gasteiger partial charge in [0, 0.05) is 12.6 Å². The molecule has 0 unspecified atom stereocenters. The number of nitrogens with zero attached hydrogens (tertiary/aromatic N) is 2. The highest BCUT2D eigenvalue weighted by atomic mass is 32.1. The fraction of sp³-hybridized carbons (Fsp3) is 0.222. The first-order valence-electron chi connectivity index (χ1n) is 4.02. The van der Waals surface area contributed by atoms with E-state index in [1.165, 1.54) is 0 Å². The van der Waals surface area contributed by atoms with Crippen LogP contribution in [0.3, 0.4) is 0 Å². The van der Waals surface area contributed by atoms with Gasteiger partial charge in [-0.15, -0.1) is 0 Å². The molecule has 2 rings (SSSR count). The smallest absolute Gasteiger partial charge is 0.130 e. The molecular weight excluding hydrogens is 182 g/mol. The lowest BCUT2D eigenvalue weighted by molar-refractivity contribution is 1.06. The average molecular weight is 191 g/mol. The Kier molecular flexibility index (Phi) is 2.06. The molecule has 1 aromatic carbocycles. The van der Waals surface area contributed by atoms with Crippen molar-refractivity contribution in [1.82, 2.24) is 5.32 Å². The molecule has 66 valence electrons. The van der Waals surface area contributed by atoms with E-state index in [1.54, 1.807) is 0 Å². The van der Waals surface area contributed by atoms with Crippen molar-refractivity contribution in [2.75, 3.05) is 13.7 Å². The van der Waals surface area contributed by atoms with Crippen LogP contribution in [-0.2, 0) is 0 Å². The van der Waals surface area contributed by atoms with Crippen LogP contribution in [-0.4, -0.2) is 18.7 Å². The summed E-state index contributed by atoms with van der Waals surface area (Å²) in [5, 5.41) is 4.83. The summed E-state index contributed by atoms with van der Waals surface area (Å²) in [4.78, 5) is 9.16. The summed E-state index contributed by atoms with van der Waals surface area (Å²) in [5.41, 5.74) is 0.997. The zero-order valence-electron chi connectivity index (χ0n) is 7.24. The number of hydrogen-bond acceptors (Lipinski definition) is 3. The molecule has 0 aromatic heterocycles. The van der Waals surface area contributed by atoms with E-state index in [0.29, 0.717) is 6.67 Å². The quantitative estimate of drug-likeness (QED) is 0.624. The summed E-state index contributed by atoms with van der Waals surface area (Å²) in [6.45, 7) is 0.547. The predicted molar refractivity (Wildman–Crippen MR) is 54.4 cm³/mol. The standard InChI is InChI=1S/C9H9N3S/c1-10-9(13)6-2-3-7-8(4-6)12-5-11-7/h2-4H,5H2,1H3,(H,10,13). The highest BCUT2D eigenvalue weighted by Gasteiger charge is 2.01. The van der Waals surface area contributed by atoms with Crippen LogP contribution < -0.4 is 16.0 Å². The average Bonchev–Trinajstić information content (AvgIpc) is 2.63. The summed E-state index contributed by atoms with van der Waals surface area (Å²) in [5.74, 6) is 0. The lowest BCUT2D eigenvalue weighted by Gasteiger charge is -2.00. The molecule has 0 radical (unpaired) electrons. The Hall–Kier alpha value is -1.29. The molecule has 1 aliphatic rings. The molecule has 0 atom stereocenters. The molecule has 1 aliphatic heterocycles. The van der Waals surface area contributed by atoms with E-state index in [4.69, 9.17) is 12.2 Å². The number of fused-ring (bicyclic) bond motifs is 1. The number of thiocarbonyl (C=S) groups is 1. The fourth-order valence-corrected chi connectivity index (χ4v) is 1.38. The Morgan fingerprint density at radius 1 is 1.38 bits per heavy atom. The molecule has 13 heavy (non-hydrogen) atoms. The summed E-state index contributed by atoms with van der Waals surface area (Å²) >= 11 is 5.11. The second kappa shape index (κ2) is 3.22. The summed E-state index contributed by atoms with van der Waals surface area (Å²) in [7, 11) is 1.82. The van der Waals surface area contributed by atoms with E-state index in [1.807, 2.05) is 25.2 Å². The Morgan fingerprint density at radius 3 is 2.92 bits per heavy atom. The van der Waals surface area contributed by atoms with Gasteiger partial charge in [-0.1, -0.05) is 12.2 Å². The molecule has 1 N–H and O–H groups in total. The van der Waals surface area contributed by atoms with Crippen LogP contribution >= 0.6 is 12.2 Å². The minimum Gasteiger partial charge on any atom is -0.379 e. The normalized spacial score (nSPS) is 12.7. The van der Waals surface area contributed by atoms with Gasteiger partial charge in [-0.3, -0.25) is 9.98 Å². The van der Waals surface area contributed by atoms with Crippen LogP contribution in [0.1, 0.15) is 5.56 Å². The lowest BCUT2D eigenvalue weighted by Crippen LogP contribution is -2.25. The Balaban J connectivity index is 2.55. The van der Waals surface area contributed by atoms with Crippen molar-refractivity contribution >= 4 is 17.2 Å². The topological polar surface area (TPSA) is 36.8 Å². The second-order valence-corrected chi connectivity index (χ2v) is 3.15. The third-order valence-electron chi connectivity index (χ3n) is 1.95. The molecule has 0 bridgehead atoms. The SMILES string of the molecule is CNC(=S)c1ccc2c(c1)=NCN=2. The highest BCUT2D eigenvalue weighted by molar-refractivity contribution is 7.80. The van der Waals surface area contributed by atoms with Gasteiger partial charge in [0.2, 0.25) is 0 Å². The number of rotatable bonds is 1. The van der Waals surface area contributed by atoms with Crippen molar-refractivity contribution in [2.45, 2.75) is 0 Å². The number of benzene rings is 1. The molecule has 1 heterocycles. The second-order valence-electron chi connectivity index (χ2n) is 2.74. The largest absolute Gasteiger partial charge is 0.379 e. The third-order valence-corrected chi connectivity index (χ3v) is 2.39. The van der Waals surface area contributed by atoms with Crippen LogP contribution in [0.25, 0.3) is 0 Å². The van der Waals surface area contributed by atoms with Crippen LogP contribution in [0, 0.1) is 0 Å². The molecule has 0 aliphatic carbocycles. The Labute approximate surface area is 81.2 Å². The van der Waals surface area contributed by atoms with E-state index in [9.17, 15) is 0 Å². The summed E-state index contributed by atoms with van der Waals surface area (Å²) in [6, 6.07) is 5.87. The maximum Gasteiger partial charge on any atom is 0.130 e. The van der Waals surface area contributed by atoms with Crippen molar-refractivity contribution in [1.29, 1.82) is 0 Å². The number of nitrogens with one attached hydrogen (secondary N) is 1. The molecular formula is C9H9N3S. The first-order valence-corrected chi connectivity index (χ1v) is 4.43. The molecule has 4 heteroatoms. The minimum absolute atomic E-state index is 0.547. The Morgan fingerprint density at radius 2 is 2.15 bits per heavy atom. The van der Waals surface area contributed by atoms with Gasteiger partial charge >= 0.3 is 0 Å². The molecule has 0 saturated heterocycles. The maximum atomic E-state index is 5.11. The van der Waals surface area contributed by atoms with Gasteiger partial charge in [0.05, 0.1) is 10.7 Å². The van der Waals surface area contributed by atoms with Crippen molar-refractivity contribution in [3.63, 3.8) is 0 Å². The summed E-state index contributed by atoms with van der Waals surface area (Å²) < 4.78 is 0. The highest BCUT2D eigenvalue weighted by Crippen LogP contribution is 1.94. The number of hydrogen-bond donors (Lipinski definition) is 1. The van der Waals surface area contributed by atoms with Crippen molar-refractivity contribution in [2.24, 2.45) is 9.98 Å². The van der Waals surface area contributed by atoms with Crippen LogP contribution in [0.15, 0.2) is 28.2 Å². The molecule has 0 fully saturated rings. The van der Waals surface area contributed by atoms with Gasteiger partial charge in [-0.2, -0.15) is 0 Å². The fourth-order valence-electron chi connectivity index (χ4n) is 1.26. The molecule has 0 spiro atoms. The molecule has 3 nitrogen and oxygen atoms in total. The van der Waals surface area contributed by atoms with E-state index >= 15 is 0 Å². The van der Waals surface area contributed by atoms with E-state index in [0.717, 1.165) is 21.3 Å². The maximum absolute atomic E-state index is 5.11. The molecule has 1 aromatic rings. The third kappa shape index (κ3) is 1.45. The van der Waals surface area contributed by atoms with Gasteiger partial charge in [0.1, 0.15) is 11.7 Å². The van der Waals surface area contributed by atoms with Crippen LogP contribution in [0.4, 0.5) is 0 Å². The van der Waals surface area contributed by atoms with Gasteiger partial charge < -0.3 is 5.32 Å². The first-order chi connectivity index (χ1) is 6.31. The summed E-state index contributed by atoms with van der Waals surface area (Å²) in [6.07, 6.45) is 0. The first kappa shape index (κ1) is 8.31. The predicted octanol–water partition coefficient (Wildman–Crippen LogP) is -0.208. The molecule has 0 saturated carbocycles. The van der Waals surface area contributed by atoms with Gasteiger partial charge in [-0.25, -0.2) is 0 Å². The van der Waals surface area contributed by atoms with Gasteiger partial charge in [-0.05, 0) is 18.2 Å². The zero-order valence-corrected chi connectivity index (χ0v) is 8.06. The van der Waals surface area contributed by atoms with E-state index in [-0.39, 0.29) is 0 Å². The van der Waals surface area contributed by atoms with Crippen LogP contribution in [0.2, 0.25) is 0 Å². The van der Waals surface area contributed by atoms with E-state index < -0.39 is 0 Å². The van der Waals surface area contributed by atoms with Gasteiger partial charge in [0.15, 0.2) is 0 Å². The Bertz CT molecular complexity index is 464. The van der Waals surface area contributed by atoms with Gasteiger partial charge in [0.25, 0.3) is 0 Å². The zero-order chi connectivity index (χ0) is 9.26. The van der Waals surface area contributed by atoms with Crippen LogP contribution in [0.5, 0.6) is 0 Å². The van der Waals surface area contributed by atoms with Crippen molar-refractivity contribution in [3.05, 3.63) is 34.5 Å². The van der Waals surface area contributed by atoms with Crippen molar-refractivity contribution < 1.29 is 0 Å². The van der Waals surface area contributed by atoms with Crippen molar-refractivity contribution in [3.8, 4) is 0 Å². The molecule has 0 amide bonds. The monoisotopic (exact) mass is 191 g/mol. The minimum atomic E-state index is 0.547. The lowest BCUT2D eigenvalue weighted by atomic mass is 10.2.